The molecule has 0 spiro atoms. The first kappa shape index (κ1) is 39.4. The Morgan fingerprint density at radius 3 is 1.92 bits per heavy atom. The van der Waals surface area contributed by atoms with Crippen molar-refractivity contribution in [3.05, 3.63) is 108 Å². The Morgan fingerprint density at radius 2 is 1.47 bits per heavy atom. The van der Waals surface area contributed by atoms with Gasteiger partial charge in [-0.1, -0.05) is 102 Å². The number of halogens is 1. The van der Waals surface area contributed by atoms with Crippen molar-refractivity contribution in [1.82, 2.24) is 10.6 Å². The first-order valence-electron chi connectivity index (χ1n) is 14.0. The summed E-state index contributed by atoms with van der Waals surface area (Å²) in [7, 11) is 0. The van der Waals surface area contributed by atoms with E-state index in [1.54, 1.807) is 6.07 Å². The number of hydrogen-bond acceptors (Lipinski definition) is 3. The van der Waals surface area contributed by atoms with Gasteiger partial charge in [0.25, 0.3) is 0 Å². The Labute approximate surface area is 235 Å². The lowest BCUT2D eigenvalue weighted by Crippen LogP contribution is -2.19. The number of hydrogen-bond donors (Lipinski definition) is 2. The number of benzene rings is 2. The Hall–Kier alpha value is -3.14. The molecule has 0 aliphatic heterocycles. The van der Waals surface area contributed by atoms with E-state index in [4.69, 9.17) is 0 Å². The van der Waals surface area contributed by atoms with Crippen molar-refractivity contribution in [1.29, 1.82) is 0 Å². The average Bonchev–Trinajstić information content (AvgIpc) is 2.96. The van der Waals surface area contributed by atoms with E-state index in [0.29, 0.717) is 0 Å². The zero-order valence-electron chi connectivity index (χ0n) is 25.7. The maximum absolute atomic E-state index is 12.8. The zero-order valence-corrected chi connectivity index (χ0v) is 25.7. The third-order valence-electron chi connectivity index (χ3n) is 5.18. The van der Waals surface area contributed by atoms with Gasteiger partial charge >= 0.3 is 0 Å². The fourth-order valence-electron chi connectivity index (χ4n) is 2.97. The number of rotatable bonds is 11. The fourth-order valence-corrected chi connectivity index (χ4v) is 2.97. The molecule has 0 heterocycles. The van der Waals surface area contributed by atoms with E-state index in [-0.39, 0.29) is 5.82 Å². The molecule has 0 aliphatic rings. The van der Waals surface area contributed by atoms with E-state index in [2.05, 4.69) is 87.1 Å². The summed E-state index contributed by atoms with van der Waals surface area (Å²) in [5.74, 6) is 0.749. The first-order valence-corrected chi connectivity index (χ1v) is 14.0. The van der Waals surface area contributed by atoms with E-state index in [1.165, 1.54) is 23.6 Å². The van der Waals surface area contributed by atoms with Gasteiger partial charge in [0.15, 0.2) is 0 Å². The zero-order chi connectivity index (χ0) is 29.8. The standard InChI is InChI=1S/C12H23N3.C9H11F.C9H12.C2H6.C2H4/c1-6-8-9-15-12(13-5)10(3)11(4)14-7-2;1-2-5-8-6-3-4-7-9(8)10;1-3-9-6-4-8(2)5-7-9;2*1-2/h14-15H,4-9H2,1-3H3;3-4,6-7H,2,5H2,1H3;4-7H,3H2,1-2H3;1-2H3;1-2H2/b12-10-;;;;. The lowest BCUT2D eigenvalue weighted by atomic mass is 10.1. The van der Waals surface area contributed by atoms with Gasteiger partial charge in [-0.15, -0.1) is 13.2 Å². The predicted molar refractivity (Wildman–Crippen MR) is 172 cm³/mol. The molecular weight excluding hydrogens is 469 g/mol. The minimum atomic E-state index is -0.0793. The van der Waals surface area contributed by atoms with Crippen molar-refractivity contribution in [3.8, 4) is 0 Å². The maximum Gasteiger partial charge on any atom is 0.130 e. The molecule has 4 heteroatoms. The predicted octanol–water partition coefficient (Wildman–Crippen LogP) is 9.60. The second kappa shape index (κ2) is 28.4. The molecule has 0 atom stereocenters. The molecule has 0 fully saturated rings. The molecule has 0 radical (unpaired) electrons. The minimum absolute atomic E-state index is 0.0793. The maximum atomic E-state index is 12.8. The van der Waals surface area contributed by atoms with Crippen molar-refractivity contribution in [3.63, 3.8) is 0 Å². The van der Waals surface area contributed by atoms with E-state index in [9.17, 15) is 4.39 Å². The highest BCUT2D eigenvalue weighted by Gasteiger charge is 2.02. The third kappa shape index (κ3) is 20.0. The number of nitrogens with zero attached hydrogens (tertiary/aromatic N) is 1. The summed E-state index contributed by atoms with van der Waals surface area (Å²) >= 11 is 0. The number of aliphatic imine (C=N–C) groups is 1. The highest BCUT2D eigenvalue weighted by Crippen LogP contribution is 2.09. The highest BCUT2D eigenvalue weighted by atomic mass is 19.1. The topological polar surface area (TPSA) is 36.4 Å². The molecule has 3 nitrogen and oxygen atoms in total. The minimum Gasteiger partial charge on any atom is -0.385 e. The van der Waals surface area contributed by atoms with E-state index in [0.717, 1.165) is 61.4 Å². The van der Waals surface area contributed by atoms with Crippen LogP contribution >= 0.6 is 0 Å². The Morgan fingerprint density at radius 1 is 0.895 bits per heavy atom. The van der Waals surface area contributed by atoms with Gasteiger partial charge in [-0.2, -0.15) is 0 Å². The molecule has 0 saturated heterocycles. The summed E-state index contributed by atoms with van der Waals surface area (Å²) in [6.45, 7) is 31.8. The Balaban J connectivity index is -0.000000466. The Bertz CT molecular complexity index is 870. The van der Waals surface area contributed by atoms with E-state index < -0.39 is 0 Å². The molecule has 0 bridgehead atoms. The molecule has 2 aromatic carbocycles. The van der Waals surface area contributed by atoms with Crippen molar-refractivity contribution in [2.45, 2.75) is 87.5 Å². The number of aryl methyl sites for hydroxylation is 3. The van der Waals surface area contributed by atoms with Crippen molar-refractivity contribution < 1.29 is 4.39 Å². The Kier molecular flexibility index (Phi) is 29.5. The normalized spacial score (nSPS) is 9.71. The fraction of sp³-hybridized carbons (Fsp3) is 0.441. The molecule has 0 aromatic heterocycles. The molecule has 2 rings (SSSR count). The molecule has 2 aromatic rings. The van der Waals surface area contributed by atoms with Gasteiger partial charge in [0.2, 0.25) is 0 Å². The van der Waals surface area contributed by atoms with E-state index in [1.807, 2.05) is 46.8 Å². The summed E-state index contributed by atoms with van der Waals surface area (Å²) in [6, 6.07) is 15.6. The van der Waals surface area contributed by atoms with Gasteiger partial charge in [0.05, 0.1) is 0 Å². The molecule has 0 unspecified atom stereocenters. The smallest absolute Gasteiger partial charge is 0.130 e. The second-order valence-corrected chi connectivity index (χ2v) is 8.10. The largest absolute Gasteiger partial charge is 0.385 e. The van der Waals surface area contributed by atoms with Gasteiger partial charge in [0, 0.05) is 24.4 Å². The highest BCUT2D eigenvalue weighted by molar-refractivity contribution is 5.35. The van der Waals surface area contributed by atoms with Crippen LogP contribution in [0.4, 0.5) is 4.39 Å². The van der Waals surface area contributed by atoms with Crippen LogP contribution in [0.2, 0.25) is 0 Å². The van der Waals surface area contributed by atoms with Crippen molar-refractivity contribution in [2.24, 2.45) is 4.99 Å². The van der Waals surface area contributed by atoms with Crippen LogP contribution in [0.15, 0.2) is 90.4 Å². The first-order chi connectivity index (χ1) is 18.3. The van der Waals surface area contributed by atoms with Crippen LogP contribution in [0.25, 0.3) is 0 Å². The monoisotopic (exact) mass is 525 g/mol. The van der Waals surface area contributed by atoms with Crippen LogP contribution in [0.5, 0.6) is 0 Å². The third-order valence-corrected chi connectivity index (χ3v) is 5.18. The summed E-state index contributed by atoms with van der Waals surface area (Å²) in [4.78, 5) is 3.98. The summed E-state index contributed by atoms with van der Waals surface area (Å²) in [6.07, 6.45) is 5.29. The van der Waals surface area contributed by atoms with Crippen molar-refractivity contribution >= 4 is 6.72 Å². The summed E-state index contributed by atoms with van der Waals surface area (Å²) < 4.78 is 12.8. The van der Waals surface area contributed by atoms with Crippen LogP contribution in [-0.4, -0.2) is 19.8 Å². The molecule has 214 valence electrons. The number of allylic oxidation sites excluding steroid dienone is 1. The van der Waals surface area contributed by atoms with Crippen LogP contribution in [-0.2, 0) is 12.8 Å². The molecule has 0 amide bonds. The van der Waals surface area contributed by atoms with Gasteiger partial charge in [-0.3, -0.25) is 0 Å². The van der Waals surface area contributed by atoms with Gasteiger partial charge in [-0.05, 0) is 63.9 Å². The number of likely N-dealkylation sites (N-methyl/N-ethyl adjacent to an activating group) is 1. The lowest BCUT2D eigenvalue weighted by Gasteiger charge is -2.13. The van der Waals surface area contributed by atoms with Gasteiger partial charge in [-0.25, -0.2) is 9.38 Å². The van der Waals surface area contributed by atoms with Crippen LogP contribution in [0.3, 0.4) is 0 Å². The van der Waals surface area contributed by atoms with Gasteiger partial charge < -0.3 is 10.6 Å². The molecule has 2 N–H and O–H groups in total. The molecule has 38 heavy (non-hydrogen) atoms. The summed E-state index contributed by atoms with van der Waals surface area (Å²) in [5, 5.41) is 6.43. The number of nitrogens with one attached hydrogen (secondary N) is 2. The molecule has 0 saturated carbocycles. The molecule has 0 aliphatic carbocycles. The SMILES string of the molecule is C=C.C=N/C(NCCCC)=C(\C)C(=C)NCC.CC.CCCc1ccccc1F.CCc1ccc(C)cc1. The van der Waals surface area contributed by atoms with Crippen molar-refractivity contribution in [2.75, 3.05) is 13.1 Å². The van der Waals surface area contributed by atoms with Gasteiger partial charge in [0.1, 0.15) is 11.6 Å². The van der Waals surface area contributed by atoms with Crippen LogP contribution in [0, 0.1) is 12.7 Å². The quantitative estimate of drug-likeness (QED) is 0.133. The van der Waals surface area contributed by atoms with Crippen LogP contribution < -0.4 is 10.6 Å². The lowest BCUT2D eigenvalue weighted by molar-refractivity contribution is 0.607. The van der Waals surface area contributed by atoms with Crippen LogP contribution in [0.1, 0.15) is 84.4 Å². The second-order valence-electron chi connectivity index (χ2n) is 8.10. The average molecular weight is 526 g/mol. The number of unbranched alkanes of at least 4 members (excludes halogenated alkanes) is 1. The molecular formula is C34H56FN3. The summed E-state index contributed by atoms with van der Waals surface area (Å²) in [5.41, 5.74) is 5.52. The van der Waals surface area contributed by atoms with E-state index >= 15 is 0 Å².